The highest BCUT2D eigenvalue weighted by atomic mass is 32.3. The number of alkyl halides is 6. The van der Waals surface area contributed by atoms with Gasteiger partial charge in [0.05, 0.1) is 6.61 Å². The highest BCUT2D eigenvalue weighted by molar-refractivity contribution is 8.13. The summed E-state index contributed by atoms with van der Waals surface area (Å²) in [4.78, 5) is 1.38. The predicted octanol–water partition coefficient (Wildman–Crippen LogP) is 2.89. The Morgan fingerprint density at radius 2 is 1.24 bits per heavy atom. The molecule has 1 heterocycles. The van der Waals surface area contributed by atoms with E-state index in [1.165, 1.54) is 16.0 Å². The van der Waals surface area contributed by atoms with Crippen LogP contribution >= 0.6 is 0 Å². The summed E-state index contributed by atoms with van der Waals surface area (Å²) in [5, 5.41) is -3.46. The number of hydrogen-bond donors (Lipinski definition) is 1. The molecule has 6 nitrogen and oxygen atoms in total. The van der Waals surface area contributed by atoms with Gasteiger partial charge >= 0.3 is 16.4 Å². The zero-order chi connectivity index (χ0) is 23.2. The van der Waals surface area contributed by atoms with Crippen molar-refractivity contribution in [2.45, 2.75) is 41.8 Å². The first-order valence-electron chi connectivity index (χ1n) is 7.42. The van der Waals surface area contributed by atoms with Crippen LogP contribution in [0.15, 0.2) is 17.0 Å². The molecule has 0 spiro atoms. The Morgan fingerprint density at radius 1 is 0.897 bits per heavy atom. The number of hydrogen-bond acceptors (Lipinski definition) is 5. The average Bonchev–Trinajstić information content (AvgIpc) is 2.52. The molecule has 0 bridgehead atoms. The van der Waals surface area contributed by atoms with E-state index < -0.39 is 36.5 Å². The fraction of sp³-hybridized carbons (Fsp3) is 0.571. The number of aryl methyl sites for hydroxylation is 2. The molecule has 168 valence electrons. The normalized spacial score (nSPS) is 23.2. The molecule has 1 aliphatic rings. The van der Waals surface area contributed by atoms with E-state index >= 15 is 0 Å². The SMILES string of the molecule is Cc1cc([S+](C)C)cc(C)c1CO.O=S1(=O)[N-]S(=O)(=O)C(F)(F)C(F)(F)C1(F)F. The summed E-state index contributed by atoms with van der Waals surface area (Å²) in [6.07, 6.45) is 4.43. The van der Waals surface area contributed by atoms with Gasteiger partial charge in [0.2, 0.25) is 0 Å². The molecule has 15 heteroatoms. The zero-order valence-corrected chi connectivity index (χ0v) is 17.8. The molecule has 1 aromatic rings. The van der Waals surface area contributed by atoms with Gasteiger partial charge in [-0.2, -0.15) is 26.3 Å². The molecule has 1 fully saturated rings. The maximum Gasteiger partial charge on any atom is 0.399 e. The molecule has 29 heavy (non-hydrogen) atoms. The van der Waals surface area contributed by atoms with Crippen molar-refractivity contribution in [1.82, 2.24) is 0 Å². The minimum Gasteiger partial charge on any atom is -0.425 e. The second kappa shape index (κ2) is 7.90. The molecule has 0 aromatic heterocycles. The smallest absolute Gasteiger partial charge is 0.399 e. The molecular formula is C14H17F6NO5S3. The lowest BCUT2D eigenvalue weighted by Crippen LogP contribution is -2.64. The molecule has 1 aliphatic heterocycles. The minimum atomic E-state index is -6.60. The molecule has 0 unspecified atom stereocenters. The topological polar surface area (TPSA) is 103 Å². The number of aliphatic hydroxyl groups excluding tert-OH is 1. The summed E-state index contributed by atoms with van der Waals surface area (Å²) < 4.78 is 117. The Kier molecular flexibility index (Phi) is 7.09. The summed E-state index contributed by atoms with van der Waals surface area (Å²) in [5.41, 5.74) is 3.49. The Labute approximate surface area is 166 Å². The van der Waals surface area contributed by atoms with Crippen molar-refractivity contribution >= 4 is 30.9 Å². The van der Waals surface area contributed by atoms with Crippen molar-refractivity contribution in [2.75, 3.05) is 12.5 Å². The lowest BCUT2D eigenvalue weighted by molar-refractivity contribution is -0.244. The summed E-state index contributed by atoms with van der Waals surface area (Å²) in [7, 11) is -12.8. The Morgan fingerprint density at radius 3 is 1.52 bits per heavy atom. The summed E-state index contributed by atoms with van der Waals surface area (Å²) in [6, 6.07) is 4.36. The standard InChI is InChI=1S/C11H17OS.C3F6NO4S2/c1-8-5-10(13(3)4)6-9(2)11(8)7-12;4-1(5)2(6,7)15(11,12)10-16(13,14)3(1,8)9/h5-6,12H,7H2,1-4H3;/q+1;-1. The largest absolute Gasteiger partial charge is 0.425 e. The molecule has 1 saturated heterocycles. The summed E-state index contributed by atoms with van der Waals surface area (Å²) >= 11 is 0. The van der Waals surface area contributed by atoms with Crippen LogP contribution in [-0.4, -0.2) is 50.9 Å². The van der Waals surface area contributed by atoms with E-state index in [0.717, 1.165) is 9.69 Å². The predicted molar refractivity (Wildman–Crippen MR) is 95.4 cm³/mol. The Bertz CT molecular complexity index is 924. The third-order valence-electron chi connectivity index (χ3n) is 3.87. The minimum absolute atomic E-state index is 0.152. The lowest BCUT2D eigenvalue weighted by atomic mass is 10.0. The highest BCUT2D eigenvalue weighted by Crippen LogP contribution is 2.57. The molecular weight excluding hydrogens is 472 g/mol. The van der Waals surface area contributed by atoms with Crippen LogP contribution in [0, 0.1) is 13.8 Å². The van der Waals surface area contributed by atoms with Gasteiger partial charge in [-0.3, -0.25) is 0 Å². The quantitative estimate of drug-likeness (QED) is 0.509. The summed E-state index contributed by atoms with van der Waals surface area (Å²) in [6.45, 7) is 4.28. The van der Waals surface area contributed by atoms with Crippen molar-refractivity contribution in [1.29, 1.82) is 0 Å². The number of sulfonamides is 2. The van der Waals surface area contributed by atoms with E-state index in [0.29, 0.717) is 10.9 Å². The van der Waals surface area contributed by atoms with Crippen LogP contribution in [0.5, 0.6) is 0 Å². The molecule has 2 rings (SSSR count). The second-order valence-corrected chi connectivity index (χ2v) is 11.8. The van der Waals surface area contributed by atoms with Gasteiger partial charge in [-0.1, -0.05) is 0 Å². The van der Waals surface area contributed by atoms with Gasteiger partial charge in [-0.15, -0.1) is 0 Å². The molecule has 0 amide bonds. The van der Waals surface area contributed by atoms with Crippen LogP contribution in [-0.2, 0) is 37.5 Å². The summed E-state index contributed by atoms with van der Waals surface area (Å²) in [5.74, 6) is -6.60. The molecule has 1 aromatic carbocycles. The first-order valence-corrected chi connectivity index (χ1v) is 12.3. The molecule has 0 saturated carbocycles. The lowest BCUT2D eigenvalue weighted by Gasteiger charge is -2.42. The van der Waals surface area contributed by atoms with Gasteiger partial charge in [0, 0.05) is 10.9 Å². The number of benzene rings is 1. The van der Waals surface area contributed by atoms with E-state index in [1.54, 1.807) is 0 Å². The Hall–Kier alpha value is -1.03. The zero-order valence-electron chi connectivity index (χ0n) is 15.4. The maximum absolute atomic E-state index is 12.4. The van der Waals surface area contributed by atoms with E-state index in [4.69, 9.17) is 5.11 Å². The van der Waals surface area contributed by atoms with Crippen molar-refractivity contribution < 1.29 is 48.3 Å². The van der Waals surface area contributed by atoms with E-state index in [2.05, 4.69) is 38.5 Å². The molecule has 0 atom stereocenters. The van der Waals surface area contributed by atoms with Crippen LogP contribution in [0.3, 0.4) is 0 Å². The van der Waals surface area contributed by atoms with Crippen LogP contribution in [0.25, 0.3) is 4.13 Å². The van der Waals surface area contributed by atoms with Crippen molar-refractivity contribution in [2.24, 2.45) is 0 Å². The Balaban J connectivity index is 0.000000296. The monoisotopic (exact) mass is 489 g/mol. The number of halogens is 6. The first kappa shape index (κ1) is 26.0. The van der Waals surface area contributed by atoms with Gasteiger partial charge in [-0.25, -0.2) is 16.8 Å². The third-order valence-corrected chi connectivity index (χ3v) is 8.43. The van der Waals surface area contributed by atoms with Crippen LogP contribution in [0.1, 0.15) is 16.7 Å². The number of aliphatic hydroxyl groups is 1. The van der Waals surface area contributed by atoms with Gasteiger partial charge in [0.15, 0.2) is 24.9 Å². The average molecular weight is 489 g/mol. The van der Waals surface area contributed by atoms with E-state index in [1.807, 2.05) is 0 Å². The van der Waals surface area contributed by atoms with Gasteiger partial charge in [-0.05, 0) is 42.7 Å². The van der Waals surface area contributed by atoms with Crippen molar-refractivity contribution in [3.63, 3.8) is 0 Å². The third kappa shape index (κ3) is 4.24. The number of rotatable bonds is 2. The van der Waals surface area contributed by atoms with Crippen LogP contribution in [0.4, 0.5) is 26.3 Å². The van der Waals surface area contributed by atoms with E-state index in [-0.39, 0.29) is 6.61 Å². The highest BCUT2D eigenvalue weighted by Gasteiger charge is 2.81. The fourth-order valence-electron chi connectivity index (χ4n) is 2.15. The van der Waals surface area contributed by atoms with Crippen LogP contribution in [0.2, 0.25) is 0 Å². The van der Waals surface area contributed by atoms with Crippen molar-refractivity contribution in [3.8, 4) is 0 Å². The van der Waals surface area contributed by atoms with Gasteiger partial charge < -0.3 is 9.23 Å². The second-order valence-electron chi connectivity index (χ2n) is 6.14. The number of nitrogens with zero attached hydrogens (tertiary/aromatic N) is 1. The first-order chi connectivity index (χ1) is 12.8. The molecule has 0 aliphatic carbocycles. The fourth-order valence-corrected chi connectivity index (χ4v) is 5.73. The van der Waals surface area contributed by atoms with E-state index in [9.17, 15) is 43.2 Å². The van der Waals surface area contributed by atoms with Gasteiger partial charge in [0.1, 0.15) is 12.5 Å². The van der Waals surface area contributed by atoms with Gasteiger partial charge in [0.25, 0.3) is 0 Å². The molecule has 0 radical (unpaired) electrons. The van der Waals surface area contributed by atoms with Crippen LogP contribution < -0.4 is 0 Å². The molecule has 1 N–H and O–H groups in total. The van der Waals surface area contributed by atoms with Crippen molar-refractivity contribution in [3.05, 3.63) is 33.0 Å². The maximum atomic E-state index is 12.4.